The van der Waals surface area contributed by atoms with Gasteiger partial charge in [0.15, 0.2) is 17.4 Å². The first-order valence-corrected chi connectivity index (χ1v) is 13.1. The van der Waals surface area contributed by atoms with Crippen molar-refractivity contribution in [1.82, 2.24) is 20.1 Å². The minimum absolute atomic E-state index is 0.149. The van der Waals surface area contributed by atoms with Gasteiger partial charge in [-0.1, -0.05) is 12.1 Å². The first-order chi connectivity index (χ1) is 20.3. The summed E-state index contributed by atoms with van der Waals surface area (Å²) in [6, 6.07) is 11.9. The molecule has 0 saturated heterocycles. The maximum atomic E-state index is 13.5. The predicted octanol–water partition coefficient (Wildman–Crippen LogP) is 5.89. The minimum atomic E-state index is -5.08. The molecule has 228 valence electrons. The molecule has 0 bridgehead atoms. The highest BCUT2D eigenvalue weighted by Gasteiger charge is 2.38. The second-order valence-electron chi connectivity index (χ2n) is 9.94. The molecule has 43 heavy (non-hydrogen) atoms. The molecule has 0 atom stereocenters. The van der Waals surface area contributed by atoms with E-state index in [1.54, 1.807) is 13.3 Å². The number of carboxylic acids is 1. The van der Waals surface area contributed by atoms with Crippen LogP contribution in [0.1, 0.15) is 42.1 Å². The molecule has 1 amide bonds. The number of nitrogens with one attached hydrogen (secondary N) is 1. The number of halogens is 5. The Morgan fingerprint density at radius 1 is 1.05 bits per heavy atom. The number of carbonyl (C=O) groups is 2. The normalized spacial score (nSPS) is 16.7. The highest BCUT2D eigenvalue weighted by Crippen LogP contribution is 2.33. The van der Waals surface area contributed by atoms with Crippen LogP contribution in [0.2, 0.25) is 0 Å². The van der Waals surface area contributed by atoms with Crippen LogP contribution in [0, 0.1) is 17.6 Å². The Labute approximate surface area is 241 Å². The molecule has 4 aromatic rings. The summed E-state index contributed by atoms with van der Waals surface area (Å²) in [7, 11) is 1.61. The number of amides is 1. The van der Waals surface area contributed by atoms with Crippen LogP contribution in [0.15, 0.2) is 54.9 Å². The molecule has 1 aliphatic carbocycles. The number of pyridine rings is 1. The first kappa shape index (κ1) is 31.2. The number of hydrogen-bond donors (Lipinski definition) is 3. The summed E-state index contributed by atoms with van der Waals surface area (Å²) in [5.41, 5.74) is 2.60. The van der Waals surface area contributed by atoms with Gasteiger partial charge in [-0.05, 0) is 61.9 Å². The van der Waals surface area contributed by atoms with Crippen molar-refractivity contribution >= 4 is 22.8 Å². The third-order valence-corrected chi connectivity index (χ3v) is 7.06. The van der Waals surface area contributed by atoms with Crippen molar-refractivity contribution in [3.05, 3.63) is 72.1 Å². The van der Waals surface area contributed by atoms with E-state index in [-0.39, 0.29) is 17.5 Å². The number of rotatable bonds is 6. The van der Waals surface area contributed by atoms with Crippen molar-refractivity contribution in [2.45, 2.75) is 37.9 Å². The zero-order valence-electron chi connectivity index (χ0n) is 22.7. The lowest BCUT2D eigenvalue weighted by molar-refractivity contribution is -0.192. The smallest absolute Gasteiger partial charge is 0.490 e. The molecule has 14 heteroatoms. The summed E-state index contributed by atoms with van der Waals surface area (Å²) in [5, 5.41) is 25.0. The van der Waals surface area contributed by atoms with Crippen LogP contribution in [0.4, 0.5) is 22.0 Å². The van der Waals surface area contributed by atoms with Crippen molar-refractivity contribution < 1.29 is 46.5 Å². The number of phenolic OH excluding ortho intramolecular Hbond substituents is 1. The summed E-state index contributed by atoms with van der Waals surface area (Å²) in [6.07, 6.45) is 2.33. The van der Waals surface area contributed by atoms with E-state index < -0.39 is 35.4 Å². The van der Waals surface area contributed by atoms with Gasteiger partial charge in [0.25, 0.3) is 5.91 Å². The molecule has 0 radical (unpaired) electrons. The number of methoxy groups -OCH3 is 1. The Bertz CT molecular complexity index is 1580. The number of fused-ring (bicyclic) bond motifs is 1. The topological polar surface area (TPSA) is 127 Å². The number of phenols is 1. The van der Waals surface area contributed by atoms with Gasteiger partial charge < -0.3 is 20.3 Å². The number of ether oxygens (including phenoxy) is 1. The van der Waals surface area contributed by atoms with Gasteiger partial charge in [-0.2, -0.15) is 18.3 Å². The standard InChI is InChI=1S/C27H26F2N4O3.C2HF3O2/c1-36-21-8-9-24(30-14-21)17-4-5-18-15-33(32-25(18)12-17)20-6-2-16(3-7-20)13-31-27(35)19-10-22(28)26(34)23(29)11-19;3-2(4,5)1(6)7/h4-5,8-12,14-16,20,34H,2-3,6-7,13H2,1H3,(H,31,35);(H,6,7). The van der Waals surface area contributed by atoms with Gasteiger partial charge >= 0.3 is 12.1 Å². The maximum Gasteiger partial charge on any atom is 0.490 e. The van der Waals surface area contributed by atoms with E-state index in [4.69, 9.17) is 19.7 Å². The van der Waals surface area contributed by atoms with Gasteiger partial charge in [0.1, 0.15) is 5.75 Å². The number of hydrogen-bond acceptors (Lipinski definition) is 6. The fraction of sp³-hybridized carbons (Fsp3) is 0.310. The minimum Gasteiger partial charge on any atom is -0.503 e. The van der Waals surface area contributed by atoms with E-state index >= 15 is 0 Å². The van der Waals surface area contributed by atoms with E-state index in [1.165, 1.54) is 0 Å². The van der Waals surface area contributed by atoms with Crippen molar-refractivity contribution in [3.63, 3.8) is 0 Å². The SMILES string of the molecule is COc1ccc(-c2ccc3cn(C4CCC(CNC(=O)c5cc(F)c(O)c(F)c5)CC4)nc3c2)nc1.O=C(O)C(F)(F)F. The quantitative estimate of drug-likeness (QED) is 0.234. The number of alkyl halides is 3. The summed E-state index contributed by atoms with van der Waals surface area (Å²) in [5.74, 6) is -5.72. The van der Waals surface area contributed by atoms with Crippen molar-refractivity contribution in [2.24, 2.45) is 5.92 Å². The molecule has 1 saturated carbocycles. The van der Waals surface area contributed by atoms with Crippen LogP contribution in [0.5, 0.6) is 11.5 Å². The third-order valence-electron chi connectivity index (χ3n) is 7.06. The van der Waals surface area contributed by atoms with Crippen LogP contribution in [0.25, 0.3) is 22.2 Å². The molecular formula is C29H27F5N4O5. The number of aromatic hydroxyl groups is 1. The fourth-order valence-corrected chi connectivity index (χ4v) is 4.70. The van der Waals surface area contributed by atoms with Crippen LogP contribution in [0.3, 0.4) is 0 Å². The third kappa shape index (κ3) is 7.76. The summed E-state index contributed by atoms with van der Waals surface area (Å²) in [6.45, 7) is 0.426. The lowest BCUT2D eigenvalue weighted by Gasteiger charge is -2.28. The number of nitrogens with zero attached hydrogens (tertiary/aromatic N) is 3. The molecule has 2 aromatic heterocycles. The predicted molar refractivity (Wildman–Crippen MR) is 145 cm³/mol. The molecule has 0 unspecified atom stereocenters. The Morgan fingerprint density at radius 3 is 2.26 bits per heavy atom. The largest absolute Gasteiger partial charge is 0.503 e. The van der Waals surface area contributed by atoms with E-state index in [0.717, 1.165) is 60.0 Å². The van der Waals surface area contributed by atoms with Crippen LogP contribution in [-0.4, -0.2) is 56.7 Å². The highest BCUT2D eigenvalue weighted by molar-refractivity contribution is 5.94. The van der Waals surface area contributed by atoms with Gasteiger partial charge in [-0.3, -0.25) is 14.5 Å². The van der Waals surface area contributed by atoms with E-state index in [9.17, 15) is 31.9 Å². The molecular weight excluding hydrogens is 579 g/mol. The number of benzene rings is 2. The second kappa shape index (κ2) is 13.0. The first-order valence-electron chi connectivity index (χ1n) is 13.1. The lowest BCUT2D eigenvalue weighted by Crippen LogP contribution is -2.31. The van der Waals surface area contributed by atoms with Gasteiger partial charge in [0, 0.05) is 29.3 Å². The average Bonchev–Trinajstić information content (AvgIpc) is 3.42. The van der Waals surface area contributed by atoms with Gasteiger partial charge in [0.2, 0.25) is 0 Å². The molecule has 5 rings (SSSR count). The fourth-order valence-electron chi connectivity index (χ4n) is 4.70. The number of aromatic nitrogens is 3. The summed E-state index contributed by atoms with van der Waals surface area (Å²) < 4.78 is 66.0. The maximum absolute atomic E-state index is 13.5. The van der Waals surface area contributed by atoms with Crippen molar-refractivity contribution in [2.75, 3.05) is 13.7 Å². The molecule has 1 fully saturated rings. The highest BCUT2D eigenvalue weighted by atomic mass is 19.4. The molecule has 3 N–H and O–H groups in total. The molecule has 1 aliphatic rings. The van der Waals surface area contributed by atoms with Crippen molar-refractivity contribution in [3.8, 4) is 22.8 Å². The monoisotopic (exact) mass is 606 g/mol. The van der Waals surface area contributed by atoms with Gasteiger partial charge in [-0.15, -0.1) is 0 Å². The van der Waals surface area contributed by atoms with Crippen molar-refractivity contribution in [1.29, 1.82) is 0 Å². The van der Waals surface area contributed by atoms with Gasteiger partial charge in [0.05, 0.1) is 30.6 Å². The van der Waals surface area contributed by atoms with Crippen LogP contribution < -0.4 is 10.1 Å². The van der Waals surface area contributed by atoms with E-state index in [2.05, 4.69) is 22.6 Å². The molecule has 9 nitrogen and oxygen atoms in total. The summed E-state index contributed by atoms with van der Waals surface area (Å²) in [4.78, 5) is 25.7. The molecule has 2 aromatic carbocycles. The van der Waals surface area contributed by atoms with Crippen LogP contribution >= 0.6 is 0 Å². The molecule has 0 spiro atoms. The Morgan fingerprint density at radius 2 is 1.70 bits per heavy atom. The zero-order chi connectivity index (χ0) is 31.3. The Balaban J connectivity index is 0.000000541. The molecule has 2 heterocycles. The average molecular weight is 607 g/mol. The molecule has 0 aliphatic heterocycles. The van der Waals surface area contributed by atoms with E-state index in [0.29, 0.717) is 12.3 Å². The number of carboxylic acid groups (broad SMARTS) is 1. The Hall–Kier alpha value is -4.75. The Kier molecular flexibility index (Phi) is 9.46. The van der Waals surface area contributed by atoms with Crippen LogP contribution in [-0.2, 0) is 4.79 Å². The lowest BCUT2D eigenvalue weighted by atomic mass is 9.86. The second-order valence-corrected chi connectivity index (χ2v) is 9.94. The number of aliphatic carboxylic acids is 1. The summed E-state index contributed by atoms with van der Waals surface area (Å²) >= 11 is 0. The zero-order valence-corrected chi connectivity index (χ0v) is 22.7. The number of carbonyl (C=O) groups excluding carboxylic acids is 1. The van der Waals surface area contributed by atoms with Gasteiger partial charge in [-0.25, -0.2) is 13.6 Å². The van der Waals surface area contributed by atoms with E-state index in [1.807, 2.05) is 28.9 Å².